The lowest BCUT2D eigenvalue weighted by atomic mass is 10.2. The Morgan fingerprint density at radius 3 is 3.06 bits per heavy atom. The van der Waals surface area contributed by atoms with E-state index in [1.807, 2.05) is 12.3 Å². The normalized spacial score (nSPS) is 22.0. The lowest BCUT2D eigenvalue weighted by molar-refractivity contribution is 0.199. The molecule has 0 amide bonds. The highest BCUT2D eigenvalue weighted by Crippen LogP contribution is 2.10. The number of ether oxygens (including phenoxy) is 1. The zero-order valence-electron chi connectivity index (χ0n) is 9.94. The molecule has 1 aromatic rings. The Morgan fingerprint density at radius 1 is 1.56 bits per heavy atom. The molecule has 0 bridgehead atoms. The molecule has 16 heavy (non-hydrogen) atoms. The van der Waals surface area contributed by atoms with Gasteiger partial charge in [0.1, 0.15) is 0 Å². The second-order valence-corrected chi connectivity index (χ2v) is 4.30. The number of nitrogens with zero attached hydrogens (tertiary/aromatic N) is 2. The molecule has 88 valence electrons. The summed E-state index contributed by atoms with van der Waals surface area (Å²) < 4.78 is 5.04. The van der Waals surface area contributed by atoms with Crippen LogP contribution in [0.15, 0.2) is 18.3 Å². The third-order valence-corrected chi connectivity index (χ3v) is 2.87. The van der Waals surface area contributed by atoms with Crippen molar-refractivity contribution in [2.45, 2.75) is 19.5 Å². The van der Waals surface area contributed by atoms with Gasteiger partial charge < -0.3 is 10.1 Å². The highest BCUT2D eigenvalue weighted by Gasteiger charge is 2.15. The number of hydrogen-bond donors (Lipinski definition) is 1. The highest BCUT2D eigenvalue weighted by molar-refractivity contribution is 5.17. The quantitative estimate of drug-likeness (QED) is 0.822. The predicted octanol–water partition coefficient (Wildman–Crippen LogP) is 0.884. The molecular weight excluding hydrogens is 202 g/mol. The van der Waals surface area contributed by atoms with Crippen LogP contribution in [0.25, 0.3) is 0 Å². The molecule has 1 atom stereocenters. The average Bonchev–Trinajstić information content (AvgIpc) is 2.30. The van der Waals surface area contributed by atoms with Crippen LogP contribution in [0.3, 0.4) is 0 Å². The van der Waals surface area contributed by atoms with Gasteiger partial charge in [-0.25, -0.2) is 4.98 Å². The zero-order chi connectivity index (χ0) is 11.4. The van der Waals surface area contributed by atoms with E-state index < -0.39 is 0 Å². The van der Waals surface area contributed by atoms with Crippen LogP contribution in [0.4, 0.5) is 0 Å². The van der Waals surface area contributed by atoms with Crippen molar-refractivity contribution in [2.24, 2.45) is 0 Å². The van der Waals surface area contributed by atoms with E-state index in [0.29, 0.717) is 11.9 Å². The Bertz CT molecular complexity index is 326. The summed E-state index contributed by atoms with van der Waals surface area (Å²) in [5.41, 5.74) is 1.25. The highest BCUT2D eigenvalue weighted by atomic mass is 16.5. The smallest absolute Gasteiger partial charge is 0.212 e. The summed E-state index contributed by atoms with van der Waals surface area (Å²) in [6, 6.07) is 4.58. The third kappa shape index (κ3) is 2.93. The van der Waals surface area contributed by atoms with Crippen LogP contribution in [0.1, 0.15) is 12.5 Å². The van der Waals surface area contributed by atoms with Crippen molar-refractivity contribution in [2.75, 3.05) is 26.7 Å². The molecular formula is C12H19N3O. The first-order valence-electron chi connectivity index (χ1n) is 5.72. The summed E-state index contributed by atoms with van der Waals surface area (Å²) in [5.74, 6) is 0.678. The molecule has 1 saturated heterocycles. The number of pyridine rings is 1. The SMILES string of the molecule is COc1ccc(CN2CCNC(C)C2)cn1. The van der Waals surface area contributed by atoms with Crippen LogP contribution < -0.4 is 10.1 Å². The van der Waals surface area contributed by atoms with E-state index in [1.165, 1.54) is 5.56 Å². The van der Waals surface area contributed by atoms with Crippen molar-refractivity contribution in [1.82, 2.24) is 15.2 Å². The van der Waals surface area contributed by atoms with E-state index in [1.54, 1.807) is 7.11 Å². The molecule has 4 nitrogen and oxygen atoms in total. The largest absolute Gasteiger partial charge is 0.481 e. The molecule has 4 heteroatoms. The zero-order valence-corrected chi connectivity index (χ0v) is 9.94. The number of aromatic nitrogens is 1. The monoisotopic (exact) mass is 221 g/mol. The van der Waals surface area contributed by atoms with Gasteiger partial charge in [-0.2, -0.15) is 0 Å². The standard InChI is InChI=1S/C12H19N3O/c1-10-8-15(6-5-13-10)9-11-3-4-12(16-2)14-7-11/h3-4,7,10,13H,5-6,8-9H2,1-2H3. The van der Waals surface area contributed by atoms with Crippen LogP contribution in [0.5, 0.6) is 5.88 Å². The summed E-state index contributed by atoms with van der Waals surface area (Å²) >= 11 is 0. The van der Waals surface area contributed by atoms with E-state index in [4.69, 9.17) is 4.74 Å². The maximum absolute atomic E-state index is 5.04. The lowest BCUT2D eigenvalue weighted by Gasteiger charge is -2.31. The minimum absolute atomic E-state index is 0.583. The molecule has 0 saturated carbocycles. The van der Waals surface area contributed by atoms with Crippen LogP contribution in [0.2, 0.25) is 0 Å². The molecule has 1 unspecified atom stereocenters. The van der Waals surface area contributed by atoms with Gasteiger partial charge in [0.15, 0.2) is 0 Å². The van der Waals surface area contributed by atoms with E-state index in [-0.39, 0.29) is 0 Å². The molecule has 1 aliphatic rings. The van der Waals surface area contributed by atoms with Gasteiger partial charge in [-0.3, -0.25) is 4.90 Å². The summed E-state index contributed by atoms with van der Waals surface area (Å²) in [4.78, 5) is 6.67. The second kappa shape index (κ2) is 5.27. The first-order valence-corrected chi connectivity index (χ1v) is 5.72. The predicted molar refractivity (Wildman–Crippen MR) is 63.5 cm³/mol. The fourth-order valence-corrected chi connectivity index (χ4v) is 2.04. The molecule has 1 aromatic heterocycles. The van der Waals surface area contributed by atoms with Crippen molar-refractivity contribution in [3.8, 4) is 5.88 Å². The van der Waals surface area contributed by atoms with Gasteiger partial charge in [0.2, 0.25) is 5.88 Å². The van der Waals surface area contributed by atoms with Gasteiger partial charge in [-0.1, -0.05) is 6.07 Å². The summed E-state index contributed by atoms with van der Waals surface area (Å²) in [6.45, 7) is 6.48. The number of methoxy groups -OCH3 is 1. The van der Waals surface area contributed by atoms with Crippen LogP contribution in [0, 0.1) is 0 Å². The van der Waals surface area contributed by atoms with Gasteiger partial charge in [-0.05, 0) is 12.5 Å². The van der Waals surface area contributed by atoms with Gasteiger partial charge in [0.05, 0.1) is 7.11 Å². The van der Waals surface area contributed by atoms with E-state index in [2.05, 4.69) is 28.2 Å². The third-order valence-electron chi connectivity index (χ3n) is 2.87. The molecule has 0 aliphatic carbocycles. The fourth-order valence-electron chi connectivity index (χ4n) is 2.04. The van der Waals surface area contributed by atoms with E-state index >= 15 is 0 Å². The molecule has 0 radical (unpaired) electrons. The maximum atomic E-state index is 5.04. The number of rotatable bonds is 3. The first kappa shape index (κ1) is 11.4. The van der Waals surface area contributed by atoms with Gasteiger partial charge in [-0.15, -0.1) is 0 Å². The van der Waals surface area contributed by atoms with E-state index in [9.17, 15) is 0 Å². The molecule has 0 aromatic carbocycles. The first-order chi connectivity index (χ1) is 7.78. The summed E-state index contributed by atoms with van der Waals surface area (Å²) in [6.07, 6.45) is 1.89. The Labute approximate surface area is 96.6 Å². The Balaban J connectivity index is 1.92. The Hall–Kier alpha value is -1.13. The topological polar surface area (TPSA) is 37.4 Å². The molecule has 2 heterocycles. The van der Waals surface area contributed by atoms with Gasteiger partial charge in [0, 0.05) is 44.5 Å². The number of nitrogens with one attached hydrogen (secondary N) is 1. The Kier molecular flexibility index (Phi) is 3.74. The van der Waals surface area contributed by atoms with Crippen LogP contribution in [-0.2, 0) is 6.54 Å². The minimum atomic E-state index is 0.583. The fraction of sp³-hybridized carbons (Fsp3) is 0.583. The van der Waals surface area contributed by atoms with Crippen LogP contribution in [-0.4, -0.2) is 42.7 Å². The minimum Gasteiger partial charge on any atom is -0.481 e. The van der Waals surface area contributed by atoms with Crippen molar-refractivity contribution < 1.29 is 4.74 Å². The Morgan fingerprint density at radius 2 is 2.44 bits per heavy atom. The molecule has 2 rings (SSSR count). The number of piperazine rings is 1. The van der Waals surface area contributed by atoms with Gasteiger partial charge >= 0.3 is 0 Å². The molecule has 0 spiro atoms. The molecule has 1 N–H and O–H groups in total. The summed E-state index contributed by atoms with van der Waals surface area (Å²) in [7, 11) is 1.64. The van der Waals surface area contributed by atoms with Crippen molar-refractivity contribution in [1.29, 1.82) is 0 Å². The van der Waals surface area contributed by atoms with Crippen molar-refractivity contribution in [3.05, 3.63) is 23.9 Å². The maximum Gasteiger partial charge on any atom is 0.212 e. The number of hydrogen-bond acceptors (Lipinski definition) is 4. The van der Waals surface area contributed by atoms with E-state index in [0.717, 1.165) is 26.2 Å². The summed E-state index contributed by atoms with van der Waals surface area (Å²) in [5, 5.41) is 3.44. The molecule has 1 aliphatic heterocycles. The van der Waals surface area contributed by atoms with Crippen molar-refractivity contribution in [3.63, 3.8) is 0 Å². The van der Waals surface area contributed by atoms with Gasteiger partial charge in [0.25, 0.3) is 0 Å². The lowest BCUT2D eigenvalue weighted by Crippen LogP contribution is -2.48. The van der Waals surface area contributed by atoms with Crippen LogP contribution >= 0.6 is 0 Å². The molecule has 1 fully saturated rings. The average molecular weight is 221 g/mol. The second-order valence-electron chi connectivity index (χ2n) is 4.30. The van der Waals surface area contributed by atoms with Crippen molar-refractivity contribution >= 4 is 0 Å².